The van der Waals surface area contributed by atoms with Crippen LogP contribution < -0.4 is 0 Å². The van der Waals surface area contributed by atoms with Crippen LogP contribution in [0.15, 0.2) is 18.2 Å². The highest BCUT2D eigenvalue weighted by Gasteiger charge is 2.11. The van der Waals surface area contributed by atoms with Crippen LogP contribution >= 0.6 is 23.2 Å². The van der Waals surface area contributed by atoms with Gasteiger partial charge in [-0.15, -0.1) is 11.6 Å². The molecule has 1 aromatic heterocycles. The van der Waals surface area contributed by atoms with Crippen molar-refractivity contribution in [3.05, 3.63) is 29.0 Å². The highest BCUT2D eigenvalue weighted by Crippen LogP contribution is 2.24. The van der Waals surface area contributed by atoms with Gasteiger partial charge < -0.3 is 9.47 Å². The van der Waals surface area contributed by atoms with Crippen LogP contribution in [0.5, 0.6) is 0 Å². The minimum absolute atomic E-state index is 0.410. The summed E-state index contributed by atoms with van der Waals surface area (Å²) in [5.74, 6) is 1.30. The third kappa shape index (κ3) is 2.79. The summed E-state index contributed by atoms with van der Waals surface area (Å²) in [4.78, 5) is 6.69. The smallest absolute Gasteiger partial charge is 0.124 e. The van der Waals surface area contributed by atoms with Gasteiger partial charge in [0, 0.05) is 6.54 Å². The predicted octanol–water partition coefficient (Wildman–Crippen LogP) is 3.38. The van der Waals surface area contributed by atoms with Gasteiger partial charge in [-0.2, -0.15) is 0 Å². The quantitative estimate of drug-likeness (QED) is 0.786. The predicted molar refractivity (Wildman–Crippen MR) is 77.5 cm³/mol. The van der Waals surface area contributed by atoms with Gasteiger partial charge in [-0.3, -0.25) is 0 Å². The third-order valence-electron chi connectivity index (χ3n) is 2.92. The van der Waals surface area contributed by atoms with Crippen LogP contribution in [-0.4, -0.2) is 35.1 Å². The van der Waals surface area contributed by atoms with Crippen LogP contribution in [0.2, 0.25) is 5.02 Å². The molecular formula is C13H17Cl2N3. The first-order valence-corrected chi connectivity index (χ1v) is 6.89. The van der Waals surface area contributed by atoms with E-state index >= 15 is 0 Å². The number of para-hydroxylation sites is 1. The van der Waals surface area contributed by atoms with E-state index in [1.54, 1.807) is 0 Å². The van der Waals surface area contributed by atoms with E-state index in [0.29, 0.717) is 10.9 Å². The van der Waals surface area contributed by atoms with E-state index < -0.39 is 0 Å². The number of rotatable bonds is 5. The molecule has 2 aromatic rings. The zero-order valence-electron chi connectivity index (χ0n) is 10.7. The van der Waals surface area contributed by atoms with Gasteiger partial charge in [0.25, 0.3) is 0 Å². The largest absolute Gasteiger partial charge is 0.327 e. The molecular weight excluding hydrogens is 269 g/mol. The van der Waals surface area contributed by atoms with Gasteiger partial charge >= 0.3 is 0 Å². The molecule has 0 radical (unpaired) electrons. The molecule has 18 heavy (non-hydrogen) atoms. The van der Waals surface area contributed by atoms with Crippen molar-refractivity contribution >= 4 is 34.2 Å². The minimum Gasteiger partial charge on any atom is -0.327 e. The van der Waals surface area contributed by atoms with Gasteiger partial charge in [-0.05, 0) is 39.2 Å². The van der Waals surface area contributed by atoms with Crippen LogP contribution in [0.25, 0.3) is 11.0 Å². The van der Waals surface area contributed by atoms with E-state index in [1.807, 2.05) is 18.2 Å². The first-order chi connectivity index (χ1) is 8.63. The van der Waals surface area contributed by atoms with E-state index in [4.69, 9.17) is 23.2 Å². The fourth-order valence-electron chi connectivity index (χ4n) is 2.06. The van der Waals surface area contributed by atoms with Crippen molar-refractivity contribution in [2.75, 3.05) is 20.6 Å². The molecule has 0 aliphatic rings. The summed E-state index contributed by atoms with van der Waals surface area (Å²) in [6, 6.07) is 5.85. The lowest BCUT2D eigenvalue weighted by molar-refractivity contribution is 0.386. The maximum atomic E-state index is 6.16. The summed E-state index contributed by atoms with van der Waals surface area (Å²) < 4.78 is 2.16. The van der Waals surface area contributed by atoms with Crippen LogP contribution in [0.3, 0.4) is 0 Å². The molecule has 0 atom stereocenters. The lowest BCUT2D eigenvalue weighted by atomic mass is 10.3. The third-order valence-corrected chi connectivity index (χ3v) is 3.46. The second kappa shape index (κ2) is 5.91. The molecule has 0 aliphatic heterocycles. The molecule has 1 heterocycles. The minimum atomic E-state index is 0.410. The number of aryl methyl sites for hydroxylation is 1. The molecule has 98 valence electrons. The van der Waals surface area contributed by atoms with E-state index in [9.17, 15) is 0 Å². The average Bonchev–Trinajstić information content (AvgIpc) is 2.69. The Morgan fingerprint density at radius 1 is 1.33 bits per heavy atom. The molecule has 0 amide bonds. The Balaban J connectivity index is 2.32. The van der Waals surface area contributed by atoms with Crippen molar-refractivity contribution in [3.63, 3.8) is 0 Å². The van der Waals surface area contributed by atoms with Crippen molar-refractivity contribution in [1.29, 1.82) is 0 Å². The van der Waals surface area contributed by atoms with E-state index in [-0.39, 0.29) is 0 Å². The lowest BCUT2D eigenvalue weighted by Gasteiger charge is -2.11. The number of imidazole rings is 1. The SMILES string of the molecule is CN(C)CCCn1c(CCl)nc2c(Cl)cccc21. The highest BCUT2D eigenvalue weighted by atomic mass is 35.5. The number of aromatic nitrogens is 2. The Morgan fingerprint density at radius 3 is 2.78 bits per heavy atom. The molecule has 2 rings (SSSR count). The molecule has 0 aliphatic carbocycles. The Morgan fingerprint density at radius 2 is 2.11 bits per heavy atom. The number of hydrogen-bond donors (Lipinski definition) is 0. The fraction of sp³-hybridized carbons (Fsp3) is 0.462. The summed E-state index contributed by atoms with van der Waals surface area (Å²) in [6.07, 6.45) is 1.06. The van der Waals surface area contributed by atoms with Crippen molar-refractivity contribution < 1.29 is 0 Å². The van der Waals surface area contributed by atoms with Gasteiger partial charge in [0.15, 0.2) is 0 Å². The number of nitrogens with zero attached hydrogens (tertiary/aromatic N) is 3. The van der Waals surface area contributed by atoms with Gasteiger partial charge in [0.05, 0.1) is 16.4 Å². The van der Waals surface area contributed by atoms with Crippen LogP contribution in [0.4, 0.5) is 0 Å². The summed E-state index contributed by atoms with van der Waals surface area (Å²) >= 11 is 12.1. The summed E-state index contributed by atoms with van der Waals surface area (Å²) in [7, 11) is 4.15. The molecule has 0 N–H and O–H groups in total. The molecule has 3 nitrogen and oxygen atoms in total. The zero-order valence-corrected chi connectivity index (χ0v) is 12.2. The maximum Gasteiger partial charge on any atom is 0.124 e. The zero-order chi connectivity index (χ0) is 13.1. The number of benzene rings is 1. The average molecular weight is 286 g/mol. The molecule has 0 saturated carbocycles. The Labute approximate surface area is 117 Å². The molecule has 5 heteroatoms. The van der Waals surface area contributed by atoms with Gasteiger partial charge in [-0.1, -0.05) is 17.7 Å². The highest BCUT2D eigenvalue weighted by molar-refractivity contribution is 6.34. The van der Waals surface area contributed by atoms with E-state index in [1.165, 1.54) is 0 Å². The molecule has 0 bridgehead atoms. The van der Waals surface area contributed by atoms with Crippen molar-refractivity contribution in [2.24, 2.45) is 0 Å². The second-order valence-corrected chi connectivity index (χ2v) is 5.25. The van der Waals surface area contributed by atoms with E-state index in [0.717, 1.165) is 36.4 Å². The standard InChI is InChI=1S/C13H17Cl2N3/c1-17(2)7-4-8-18-11-6-3-5-10(15)13(11)16-12(18)9-14/h3,5-6H,4,7-9H2,1-2H3. The number of fused-ring (bicyclic) bond motifs is 1. The summed E-state index contributed by atoms with van der Waals surface area (Å²) in [5.41, 5.74) is 1.91. The van der Waals surface area contributed by atoms with Crippen molar-refractivity contribution in [2.45, 2.75) is 18.8 Å². The topological polar surface area (TPSA) is 21.1 Å². The van der Waals surface area contributed by atoms with Crippen LogP contribution in [0, 0.1) is 0 Å². The first kappa shape index (κ1) is 13.7. The van der Waals surface area contributed by atoms with E-state index in [2.05, 4.69) is 28.5 Å². The number of alkyl halides is 1. The van der Waals surface area contributed by atoms with Gasteiger partial charge in [0.2, 0.25) is 0 Å². The molecule has 1 aromatic carbocycles. The normalized spacial score (nSPS) is 11.6. The molecule has 0 unspecified atom stereocenters. The maximum absolute atomic E-state index is 6.16. The molecule has 0 fully saturated rings. The fourth-order valence-corrected chi connectivity index (χ4v) is 2.47. The molecule has 0 saturated heterocycles. The Hall–Kier alpha value is -0.770. The Bertz CT molecular complexity index is 534. The first-order valence-electron chi connectivity index (χ1n) is 5.98. The summed E-state index contributed by atoms with van der Waals surface area (Å²) in [6.45, 7) is 1.96. The van der Waals surface area contributed by atoms with Gasteiger partial charge in [-0.25, -0.2) is 4.98 Å². The van der Waals surface area contributed by atoms with Crippen molar-refractivity contribution in [3.8, 4) is 0 Å². The Kier molecular flexibility index (Phi) is 4.49. The van der Waals surface area contributed by atoms with Crippen molar-refractivity contribution in [1.82, 2.24) is 14.5 Å². The molecule has 0 spiro atoms. The lowest BCUT2D eigenvalue weighted by Crippen LogP contribution is -2.15. The van der Waals surface area contributed by atoms with Crippen LogP contribution in [0.1, 0.15) is 12.2 Å². The monoisotopic (exact) mass is 285 g/mol. The number of halogens is 2. The second-order valence-electron chi connectivity index (χ2n) is 4.58. The van der Waals surface area contributed by atoms with Gasteiger partial charge in [0.1, 0.15) is 11.3 Å². The van der Waals surface area contributed by atoms with Crippen LogP contribution in [-0.2, 0) is 12.4 Å². The summed E-state index contributed by atoms with van der Waals surface area (Å²) in [5, 5.41) is 0.685. The number of hydrogen-bond acceptors (Lipinski definition) is 2.